The lowest BCUT2D eigenvalue weighted by atomic mass is 10.1. The standard InChI is InChI=1S/C17H17NO5S/c1-3-23-17(20)13-8-10-14(11-9-13)24(21,22)18-16-7-5-4-6-15(16)12(2)19/h4-11,18H,3H2,1-2H3. The van der Waals surface area contributed by atoms with Crippen LogP contribution in [0, 0.1) is 0 Å². The van der Waals surface area contributed by atoms with Crippen molar-refractivity contribution < 1.29 is 22.7 Å². The monoisotopic (exact) mass is 347 g/mol. The van der Waals surface area contributed by atoms with Gasteiger partial charge in [0.05, 0.1) is 22.8 Å². The Morgan fingerprint density at radius 1 is 1.04 bits per heavy atom. The maximum atomic E-state index is 12.4. The molecule has 0 aliphatic rings. The molecular weight excluding hydrogens is 330 g/mol. The second-order valence-corrected chi connectivity index (χ2v) is 6.63. The van der Waals surface area contributed by atoms with Crippen LogP contribution in [0.4, 0.5) is 5.69 Å². The van der Waals surface area contributed by atoms with E-state index in [1.807, 2.05) is 0 Å². The highest BCUT2D eigenvalue weighted by Crippen LogP contribution is 2.21. The van der Waals surface area contributed by atoms with Gasteiger partial charge >= 0.3 is 5.97 Å². The van der Waals surface area contributed by atoms with Gasteiger partial charge in [-0.05, 0) is 50.2 Å². The molecule has 24 heavy (non-hydrogen) atoms. The zero-order valence-electron chi connectivity index (χ0n) is 13.3. The molecule has 126 valence electrons. The fourth-order valence-corrected chi connectivity index (χ4v) is 3.15. The van der Waals surface area contributed by atoms with E-state index in [2.05, 4.69) is 4.72 Å². The Morgan fingerprint density at radius 2 is 1.67 bits per heavy atom. The lowest BCUT2D eigenvalue weighted by molar-refractivity contribution is 0.0526. The lowest BCUT2D eigenvalue weighted by Gasteiger charge is -2.11. The summed E-state index contributed by atoms with van der Waals surface area (Å²) in [6.45, 7) is 3.29. The fourth-order valence-electron chi connectivity index (χ4n) is 2.07. The molecule has 0 spiro atoms. The fraction of sp³-hybridized carbons (Fsp3) is 0.176. The van der Waals surface area contributed by atoms with Crippen molar-refractivity contribution in [1.82, 2.24) is 0 Å². The number of carbonyl (C=O) groups excluding carboxylic acids is 2. The maximum Gasteiger partial charge on any atom is 0.338 e. The molecule has 2 rings (SSSR count). The molecule has 7 heteroatoms. The van der Waals surface area contributed by atoms with Gasteiger partial charge in [0.25, 0.3) is 10.0 Å². The summed E-state index contributed by atoms with van der Waals surface area (Å²) in [4.78, 5) is 23.2. The van der Waals surface area contributed by atoms with E-state index >= 15 is 0 Å². The minimum atomic E-state index is -3.88. The van der Waals surface area contributed by atoms with Crippen LogP contribution >= 0.6 is 0 Å². The van der Waals surface area contributed by atoms with Crippen molar-refractivity contribution in [3.63, 3.8) is 0 Å². The van der Waals surface area contributed by atoms with Gasteiger partial charge in [0, 0.05) is 5.56 Å². The first-order valence-electron chi connectivity index (χ1n) is 7.25. The van der Waals surface area contributed by atoms with E-state index in [0.29, 0.717) is 0 Å². The summed E-state index contributed by atoms with van der Waals surface area (Å²) < 4.78 is 32.1. The van der Waals surface area contributed by atoms with Crippen LogP contribution in [-0.2, 0) is 14.8 Å². The molecule has 0 fully saturated rings. The number of hydrogen-bond donors (Lipinski definition) is 1. The van der Waals surface area contributed by atoms with Crippen molar-refractivity contribution in [2.24, 2.45) is 0 Å². The van der Waals surface area contributed by atoms with Crippen molar-refractivity contribution in [1.29, 1.82) is 0 Å². The summed E-state index contributed by atoms with van der Waals surface area (Å²) in [7, 11) is -3.88. The van der Waals surface area contributed by atoms with Gasteiger partial charge in [-0.2, -0.15) is 0 Å². The minimum Gasteiger partial charge on any atom is -0.462 e. The summed E-state index contributed by atoms with van der Waals surface area (Å²) in [6, 6.07) is 11.7. The SMILES string of the molecule is CCOC(=O)c1ccc(S(=O)(=O)Nc2ccccc2C(C)=O)cc1. The van der Waals surface area contributed by atoms with E-state index in [4.69, 9.17) is 4.74 Å². The first kappa shape index (κ1) is 17.7. The van der Waals surface area contributed by atoms with Crippen LogP contribution in [0.5, 0.6) is 0 Å². The number of Topliss-reactive ketones (excluding diaryl/α,β-unsaturated/α-hetero) is 1. The molecule has 2 aromatic carbocycles. The number of esters is 1. The van der Waals surface area contributed by atoms with Crippen LogP contribution in [0.15, 0.2) is 53.4 Å². The highest BCUT2D eigenvalue weighted by molar-refractivity contribution is 7.92. The van der Waals surface area contributed by atoms with E-state index < -0.39 is 16.0 Å². The first-order valence-corrected chi connectivity index (χ1v) is 8.73. The number of rotatable bonds is 6. The van der Waals surface area contributed by atoms with Gasteiger partial charge < -0.3 is 4.74 Å². The number of ketones is 1. The third-order valence-electron chi connectivity index (χ3n) is 3.23. The smallest absolute Gasteiger partial charge is 0.338 e. The molecule has 0 saturated carbocycles. The van der Waals surface area contributed by atoms with Crippen LogP contribution in [0.3, 0.4) is 0 Å². The van der Waals surface area contributed by atoms with Crippen LogP contribution < -0.4 is 4.72 Å². The second kappa shape index (κ2) is 7.27. The summed E-state index contributed by atoms with van der Waals surface area (Å²) >= 11 is 0. The van der Waals surface area contributed by atoms with E-state index in [1.165, 1.54) is 37.3 Å². The Morgan fingerprint density at radius 3 is 2.25 bits per heavy atom. The Balaban J connectivity index is 2.28. The van der Waals surface area contributed by atoms with Crippen molar-refractivity contribution in [3.05, 3.63) is 59.7 Å². The van der Waals surface area contributed by atoms with E-state index in [0.717, 1.165) is 0 Å². The second-order valence-electron chi connectivity index (χ2n) is 4.95. The molecule has 0 aromatic heterocycles. The summed E-state index contributed by atoms with van der Waals surface area (Å²) in [6.07, 6.45) is 0. The predicted molar refractivity (Wildman–Crippen MR) is 89.7 cm³/mol. The third-order valence-corrected chi connectivity index (χ3v) is 4.61. The van der Waals surface area contributed by atoms with E-state index in [-0.39, 0.29) is 34.1 Å². The quantitative estimate of drug-likeness (QED) is 0.641. The van der Waals surface area contributed by atoms with Gasteiger partial charge in [-0.15, -0.1) is 0 Å². The zero-order valence-corrected chi connectivity index (χ0v) is 14.1. The minimum absolute atomic E-state index is 0.0195. The topological polar surface area (TPSA) is 89.5 Å². The number of carbonyl (C=O) groups is 2. The highest BCUT2D eigenvalue weighted by Gasteiger charge is 2.18. The Labute approximate surface area is 140 Å². The largest absolute Gasteiger partial charge is 0.462 e. The van der Waals surface area contributed by atoms with Crippen molar-refractivity contribution in [2.75, 3.05) is 11.3 Å². The molecule has 0 aliphatic heterocycles. The molecule has 0 amide bonds. The molecule has 0 atom stereocenters. The van der Waals surface area contributed by atoms with Crippen LogP contribution in [0.1, 0.15) is 34.6 Å². The molecule has 0 unspecified atom stereocenters. The Bertz CT molecular complexity index is 857. The number of hydrogen-bond acceptors (Lipinski definition) is 5. The number of benzene rings is 2. The number of ether oxygens (including phenoxy) is 1. The third kappa shape index (κ3) is 3.99. The summed E-state index contributed by atoms with van der Waals surface area (Å²) in [5, 5.41) is 0. The summed E-state index contributed by atoms with van der Waals surface area (Å²) in [5.74, 6) is -0.762. The predicted octanol–water partition coefficient (Wildman–Crippen LogP) is 2.87. The zero-order chi connectivity index (χ0) is 17.7. The van der Waals surface area contributed by atoms with Gasteiger partial charge in [-0.25, -0.2) is 13.2 Å². The molecule has 0 saturated heterocycles. The number of nitrogens with one attached hydrogen (secondary N) is 1. The van der Waals surface area contributed by atoms with Crippen molar-refractivity contribution >= 4 is 27.5 Å². The van der Waals surface area contributed by atoms with E-state index in [9.17, 15) is 18.0 Å². The van der Waals surface area contributed by atoms with Gasteiger partial charge in [-0.1, -0.05) is 12.1 Å². The molecule has 6 nitrogen and oxygen atoms in total. The number of anilines is 1. The van der Waals surface area contributed by atoms with Crippen LogP contribution in [0.2, 0.25) is 0 Å². The molecule has 1 N–H and O–H groups in total. The molecule has 0 heterocycles. The Kier molecular flexibility index (Phi) is 5.35. The highest BCUT2D eigenvalue weighted by atomic mass is 32.2. The van der Waals surface area contributed by atoms with Gasteiger partial charge in [0.15, 0.2) is 5.78 Å². The van der Waals surface area contributed by atoms with E-state index in [1.54, 1.807) is 25.1 Å². The van der Waals surface area contributed by atoms with Crippen molar-refractivity contribution in [2.45, 2.75) is 18.7 Å². The van der Waals surface area contributed by atoms with Crippen LogP contribution in [0.25, 0.3) is 0 Å². The number of sulfonamides is 1. The molecule has 0 radical (unpaired) electrons. The number of para-hydroxylation sites is 1. The summed E-state index contributed by atoms with van der Waals surface area (Å²) in [5.41, 5.74) is 0.753. The molecule has 2 aromatic rings. The first-order chi connectivity index (χ1) is 11.3. The van der Waals surface area contributed by atoms with Gasteiger partial charge in [0.1, 0.15) is 0 Å². The molecule has 0 aliphatic carbocycles. The normalized spacial score (nSPS) is 10.9. The molecule has 0 bridgehead atoms. The molecular formula is C17H17NO5S. The average Bonchev–Trinajstić information content (AvgIpc) is 2.55. The van der Waals surface area contributed by atoms with Gasteiger partial charge in [-0.3, -0.25) is 9.52 Å². The average molecular weight is 347 g/mol. The Hall–Kier alpha value is -2.67. The van der Waals surface area contributed by atoms with Crippen molar-refractivity contribution in [3.8, 4) is 0 Å². The lowest BCUT2D eigenvalue weighted by Crippen LogP contribution is -2.15. The maximum absolute atomic E-state index is 12.4. The van der Waals surface area contributed by atoms with Gasteiger partial charge in [0.2, 0.25) is 0 Å². The van der Waals surface area contributed by atoms with Crippen LogP contribution in [-0.4, -0.2) is 26.8 Å².